The lowest BCUT2D eigenvalue weighted by Gasteiger charge is -2.36. The number of piperazine rings is 1. The third kappa shape index (κ3) is 6.47. The average molecular weight is 416 g/mol. The molecular weight excluding hydrogens is 382 g/mol. The van der Waals surface area contributed by atoms with Crippen LogP contribution >= 0.6 is 0 Å². The van der Waals surface area contributed by atoms with Crippen LogP contribution in [0.4, 0.5) is 0 Å². The third-order valence-electron chi connectivity index (χ3n) is 5.02. The Labute approximate surface area is 178 Å². The molecule has 2 aromatic rings. The standard InChI is InChI=1S/C22H33N5O3/c1-4-23-22(24-9-14-29-17-19-7-5-6-8-21(19)28-3)27-12-10-26(11-13-27)16-20-15-18(2)30-25-20/h5-8,15H,4,9-14,16-17H2,1-3H3,(H,23,24). The van der Waals surface area contributed by atoms with Crippen LogP contribution in [0.25, 0.3) is 0 Å². The molecule has 8 nitrogen and oxygen atoms in total. The number of hydrogen-bond donors (Lipinski definition) is 1. The molecule has 2 heterocycles. The average Bonchev–Trinajstić information content (AvgIpc) is 3.18. The predicted molar refractivity (Wildman–Crippen MR) is 117 cm³/mol. The van der Waals surface area contributed by atoms with Crippen molar-refractivity contribution in [3.8, 4) is 5.75 Å². The number of ether oxygens (including phenoxy) is 2. The number of aliphatic imine (C=N–C) groups is 1. The number of guanidine groups is 1. The minimum absolute atomic E-state index is 0.524. The van der Waals surface area contributed by atoms with Crippen LogP contribution in [0.15, 0.2) is 39.8 Å². The number of hydrogen-bond acceptors (Lipinski definition) is 6. The summed E-state index contributed by atoms with van der Waals surface area (Å²) < 4.78 is 16.3. The first-order valence-corrected chi connectivity index (χ1v) is 10.6. The molecule has 1 aliphatic rings. The van der Waals surface area contributed by atoms with E-state index in [9.17, 15) is 0 Å². The van der Waals surface area contributed by atoms with Gasteiger partial charge < -0.3 is 24.2 Å². The van der Waals surface area contributed by atoms with Gasteiger partial charge in [-0.25, -0.2) is 0 Å². The number of nitrogens with one attached hydrogen (secondary N) is 1. The van der Waals surface area contributed by atoms with Crippen LogP contribution in [0.2, 0.25) is 0 Å². The zero-order valence-corrected chi connectivity index (χ0v) is 18.3. The Kier molecular flexibility index (Phi) is 8.53. The Bertz CT molecular complexity index is 800. The number of rotatable bonds is 9. The van der Waals surface area contributed by atoms with Crippen LogP contribution in [0, 0.1) is 6.92 Å². The Hall–Kier alpha value is -2.58. The zero-order valence-electron chi connectivity index (χ0n) is 18.3. The van der Waals surface area contributed by atoms with E-state index in [2.05, 4.69) is 27.2 Å². The van der Waals surface area contributed by atoms with E-state index in [0.29, 0.717) is 19.8 Å². The second kappa shape index (κ2) is 11.6. The number of nitrogens with zero attached hydrogens (tertiary/aromatic N) is 4. The van der Waals surface area contributed by atoms with Gasteiger partial charge in [0.05, 0.1) is 32.6 Å². The maximum absolute atomic E-state index is 5.81. The third-order valence-corrected chi connectivity index (χ3v) is 5.02. The molecule has 0 unspecified atom stereocenters. The SMILES string of the molecule is CCNC(=NCCOCc1ccccc1OC)N1CCN(Cc2cc(C)on2)CC1. The fourth-order valence-electron chi connectivity index (χ4n) is 3.49. The molecular formula is C22H33N5O3. The highest BCUT2D eigenvalue weighted by molar-refractivity contribution is 5.80. The van der Waals surface area contributed by atoms with E-state index in [1.807, 2.05) is 37.3 Å². The maximum Gasteiger partial charge on any atom is 0.194 e. The summed E-state index contributed by atoms with van der Waals surface area (Å²) in [4.78, 5) is 9.46. The van der Waals surface area contributed by atoms with Crippen LogP contribution < -0.4 is 10.1 Å². The van der Waals surface area contributed by atoms with Gasteiger partial charge in [-0.2, -0.15) is 0 Å². The van der Waals surface area contributed by atoms with Crippen LogP contribution in [0.3, 0.4) is 0 Å². The van der Waals surface area contributed by atoms with Gasteiger partial charge in [-0.05, 0) is 19.9 Å². The minimum atomic E-state index is 0.524. The summed E-state index contributed by atoms with van der Waals surface area (Å²) in [6.07, 6.45) is 0. The molecule has 0 aliphatic carbocycles. The van der Waals surface area contributed by atoms with Gasteiger partial charge in [-0.15, -0.1) is 0 Å². The summed E-state index contributed by atoms with van der Waals surface area (Å²) in [6.45, 7) is 11.2. The number of benzene rings is 1. The first-order chi connectivity index (χ1) is 14.7. The van der Waals surface area contributed by atoms with Gasteiger partial charge in [-0.1, -0.05) is 23.4 Å². The van der Waals surface area contributed by atoms with Crippen molar-refractivity contribution >= 4 is 5.96 Å². The minimum Gasteiger partial charge on any atom is -0.496 e. The zero-order chi connectivity index (χ0) is 21.2. The summed E-state index contributed by atoms with van der Waals surface area (Å²) in [5.41, 5.74) is 2.04. The highest BCUT2D eigenvalue weighted by Gasteiger charge is 2.20. The molecule has 0 bridgehead atoms. The molecule has 1 fully saturated rings. The van der Waals surface area contributed by atoms with E-state index < -0.39 is 0 Å². The van der Waals surface area contributed by atoms with E-state index in [1.54, 1.807) is 7.11 Å². The normalized spacial score (nSPS) is 15.4. The lowest BCUT2D eigenvalue weighted by Crippen LogP contribution is -2.52. The second-order valence-electron chi connectivity index (χ2n) is 7.29. The van der Waals surface area contributed by atoms with Gasteiger partial charge in [0.2, 0.25) is 0 Å². The van der Waals surface area contributed by atoms with Crippen LogP contribution in [0.5, 0.6) is 5.75 Å². The smallest absolute Gasteiger partial charge is 0.194 e. The summed E-state index contributed by atoms with van der Waals surface area (Å²) >= 11 is 0. The van der Waals surface area contributed by atoms with Gasteiger partial charge in [0.15, 0.2) is 5.96 Å². The molecule has 164 valence electrons. The quantitative estimate of drug-likeness (QED) is 0.383. The molecule has 1 aromatic carbocycles. The Balaban J connectivity index is 1.43. The fourth-order valence-corrected chi connectivity index (χ4v) is 3.49. The molecule has 3 rings (SSSR count). The molecule has 0 atom stereocenters. The second-order valence-corrected chi connectivity index (χ2v) is 7.29. The van der Waals surface area contributed by atoms with Crippen LogP contribution in [-0.4, -0.2) is 73.9 Å². The molecule has 1 saturated heterocycles. The monoisotopic (exact) mass is 415 g/mol. The van der Waals surface area contributed by atoms with Gasteiger partial charge in [0, 0.05) is 50.9 Å². The molecule has 0 spiro atoms. The first-order valence-electron chi connectivity index (χ1n) is 10.6. The lowest BCUT2D eigenvalue weighted by molar-refractivity contribution is 0.125. The van der Waals surface area contributed by atoms with Gasteiger partial charge in [0.1, 0.15) is 11.5 Å². The lowest BCUT2D eigenvalue weighted by atomic mass is 10.2. The van der Waals surface area contributed by atoms with Crippen molar-refractivity contribution in [3.63, 3.8) is 0 Å². The van der Waals surface area contributed by atoms with Crippen LogP contribution in [0.1, 0.15) is 23.9 Å². The molecule has 1 aromatic heterocycles. The van der Waals surface area contributed by atoms with Crippen molar-refractivity contribution in [3.05, 3.63) is 47.3 Å². The van der Waals surface area contributed by atoms with E-state index in [4.69, 9.17) is 19.0 Å². The fraction of sp³-hybridized carbons (Fsp3) is 0.545. The molecule has 8 heteroatoms. The van der Waals surface area contributed by atoms with Crippen molar-refractivity contribution < 1.29 is 14.0 Å². The maximum atomic E-state index is 5.81. The van der Waals surface area contributed by atoms with E-state index in [-0.39, 0.29) is 0 Å². The largest absolute Gasteiger partial charge is 0.496 e. The number of aromatic nitrogens is 1. The Morgan fingerprint density at radius 3 is 2.73 bits per heavy atom. The van der Waals surface area contributed by atoms with Gasteiger partial charge in [-0.3, -0.25) is 9.89 Å². The highest BCUT2D eigenvalue weighted by atomic mass is 16.5. The van der Waals surface area contributed by atoms with Crippen molar-refractivity contribution in [1.29, 1.82) is 0 Å². The topological polar surface area (TPSA) is 75.4 Å². The van der Waals surface area contributed by atoms with Crippen molar-refractivity contribution in [2.75, 3.05) is 53.0 Å². The number of methoxy groups -OCH3 is 1. The number of aryl methyl sites for hydroxylation is 1. The Morgan fingerprint density at radius 2 is 2.03 bits per heavy atom. The van der Waals surface area contributed by atoms with Crippen molar-refractivity contribution in [1.82, 2.24) is 20.3 Å². The van der Waals surface area contributed by atoms with E-state index >= 15 is 0 Å². The molecule has 30 heavy (non-hydrogen) atoms. The van der Waals surface area contributed by atoms with Crippen LogP contribution in [-0.2, 0) is 17.9 Å². The van der Waals surface area contributed by atoms with E-state index in [0.717, 1.165) is 68.0 Å². The molecule has 1 aliphatic heterocycles. The predicted octanol–water partition coefficient (Wildman–Crippen LogP) is 2.29. The first kappa shape index (κ1) is 22.1. The summed E-state index contributed by atoms with van der Waals surface area (Å²) in [6, 6.07) is 9.92. The Morgan fingerprint density at radius 1 is 1.23 bits per heavy atom. The van der Waals surface area contributed by atoms with Gasteiger partial charge in [0.25, 0.3) is 0 Å². The molecule has 0 radical (unpaired) electrons. The van der Waals surface area contributed by atoms with E-state index in [1.165, 1.54) is 0 Å². The summed E-state index contributed by atoms with van der Waals surface area (Å²) in [5, 5.41) is 7.50. The molecule has 0 saturated carbocycles. The highest BCUT2D eigenvalue weighted by Crippen LogP contribution is 2.17. The summed E-state index contributed by atoms with van der Waals surface area (Å²) in [7, 11) is 1.68. The number of para-hydroxylation sites is 1. The van der Waals surface area contributed by atoms with Crippen molar-refractivity contribution in [2.45, 2.75) is 27.0 Å². The summed E-state index contributed by atoms with van der Waals surface area (Å²) in [5.74, 6) is 2.67. The molecule has 0 amide bonds. The van der Waals surface area contributed by atoms with Gasteiger partial charge >= 0.3 is 0 Å². The molecule has 1 N–H and O–H groups in total. The van der Waals surface area contributed by atoms with Crippen molar-refractivity contribution in [2.24, 2.45) is 4.99 Å².